The third-order valence-electron chi connectivity index (χ3n) is 5.76. The topological polar surface area (TPSA) is 76.0 Å². The maximum atomic E-state index is 11.5. The summed E-state index contributed by atoms with van der Waals surface area (Å²) in [6, 6.07) is 1.39. The summed E-state index contributed by atoms with van der Waals surface area (Å²) in [6.07, 6.45) is 21.2. The van der Waals surface area contributed by atoms with Crippen molar-refractivity contribution in [3.63, 3.8) is 0 Å². The van der Waals surface area contributed by atoms with E-state index in [9.17, 15) is 15.0 Å². The molecule has 0 aliphatic heterocycles. The number of rotatable bonds is 19. The number of esters is 1. The number of aromatic hydroxyl groups is 2. The summed E-state index contributed by atoms with van der Waals surface area (Å²) in [5.41, 5.74) is 0.641. The van der Waals surface area contributed by atoms with Crippen LogP contribution in [-0.4, -0.2) is 36.2 Å². The average Bonchev–Trinajstić information content (AvgIpc) is 2.82. The fourth-order valence-electron chi connectivity index (χ4n) is 3.78. The molecule has 188 valence electrons. The zero-order valence-electron chi connectivity index (χ0n) is 20.9. The van der Waals surface area contributed by atoms with E-state index in [0.29, 0.717) is 16.9 Å². The van der Waals surface area contributed by atoms with E-state index < -0.39 is 0 Å². The van der Waals surface area contributed by atoms with Crippen LogP contribution in [0.25, 0.3) is 0 Å². The van der Waals surface area contributed by atoms with E-state index in [0.717, 1.165) is 19.3 Å². The minimum Gasteiger partial charge on any atom is -0.507 e. The molecule has 2 N–H and O–H groups in total. The molecular formula is C27H44O5S. The monoisotopic (exact) mass is 480 g/mol. The molecule has 33 heavy (non-hydrogen) atoms. The van der Waals surface area contributed by atoms with Gasteiger partial charge in [-0.15, -0.1) is 11.8 Å². The van der Waals surface area contributed by atoms with Crippen LogP contribution in [0, 0.1) is 0 Å². The van der Waals surface area contributed by atoms with E-state index >= 15 is 0 Å². The van der Waals surface area contributed by atoms with Crippen molar-refractivity contribution in [3.05, 3.63) is 23.8 Å². The second-order valence-electron chi connectivity index (χ2n) is 8.45. The second kappa shape index (κ2) is 18.6. The molecule has 0 saturated heterocycles. The number of carbonyl (C=O) groups excluding carboxylic acids is 1. The van der Waals surface area contributed by atoms with Crippen LogP contribution >= 0.6 is 11.8 Å². The zero-order chi connectivity index (χ0) is 24.3. The summed E-state index contributed by atoms with van der Waals surface area (Å²) in [7, 11) is 2.80. The third-order valence-corrected chi connectivity index (χ3v) is 6.89. The van der Waals surface area contributed by atoms with E-state index in [1.807, 2.05) is 0 Å². The molecule has 0 aliphatic carbocycles. The Kier molecular flexibility index (Phi) is 16.5. The minimum absolute atomic E-state index is 0.0172. The number of thioether (sulfide) groups is 1. The molecule has 0 spiro atoms. The Bertz CT molecular complexity index is 702. The first-order valence-corrected chi connectivity index (χ1v) is 13.5. The number of phenolic OH excluding ortho intramolecular Hbond substituents is 2. The lowest BCUT2D eigenvalue weighted by atomic mass is 10.0. The normalized spacial score (nSPS) is 11.2. The molecule has 1 aromatic carbocycles. The number of phenols is 2. The molecule has 1 aromatic rings. The van der Waals surface area contributed by atoms with Crippen molar-refractivity contribution >= 4 is 17.7 Å². The van der Waals surface area contributed by atoms with Gasteiger partial charge in [-0.05, 0) is 38.5 Å². The number of hydrogen-bond donors (Lipinski definition) is 2. The largest absolute Gasteiger partial charge is 0.507 e. The van der Waals surface area contributed by atoms with Crippen molar-refractivity contribution < 1.29 is 24.5 Å². The van der Waals surface area contributed by atoms with Gasteiger partial charge < -0.3 is 19.7 Å². The standard InChI is InChI=1S/C27H44O5S/c1-4-5-6-7-8-9-10-11-12-13-14-15-16-17-18-19-22-26(30)24(31-2)20-23(28)27(22)33-21-25(29)32-3/h9-10,20,28,30H,4-8,11-19,21H2,1-3H3/b10-9+. The highest BCUT2D eigenvalue weighted by atomic mass is 32.2. The van der Waals surface area contributed by atoms with Crippen molar-refractivity contribution in [1.29, 1.82) is 0 Å². The van der Waals surface area contributed by atoms with Gasteiger partial charge >= 0.3 is 5.97 Å². The van der Waals surface area contributed by atoms with E-state index in [2.05, 4.69) is 23.8 Å². The van der Waals surface area contributed by atoms with Gasteiger partial charge in [-0.1, -0.05) is 70.4 Å². The Morgan fingerprint density at radius 3 is 2.06 bits per heavy atom. The number of allylic oxidation sites excluding steroid dienone is 2. The molecule has 0 aromatic heterocycles. The van der Waals surface area contributed by atoms with Crippen molar-refractivity contribution in [1.82, 2.24) is 0 Å². The minimum atomic E-state index is -0.372. The molecule has 0 unspecified atom stereocenters. The number of carbonyl (C=O) groups is 1. The molecular weight excluding hydrogens is 436 g/mol. The van der Waals surface area contributed by atoms with Gasteiger partial charge in [0.05, 0.1) is 24.9 Å². The number of hydrogen-bond acceptors (Lipinski definition) is 6. The fraction of sp³-hybridized carbons (Fsp3) is 0.667. The Balaban J connectivity index is 2.30. The van der Waals surface area contributed by atoms with Gasteiger partial charge in [0.1, 0.15) is 5.75 Å². The Morgan fingerprint density at radius 1 is 0.909 bits per heavy atom. The molecule has 6 heteroatoms. The first-order valence-electron chi connectivity index (χ1n) is 12.5. The number of methoxy groups -OCH3 is 2. The average molecular weight is 481 g/mol. The summed E-state index contributed by atoms with van der Waals surface area (Å²) in [5.74, 6) is 0.0179. The summed E-state index contributed by atoms with van der Waals surface area (Å²) in [6.45, 7) is 2.25. The highest BCUT2D eigenvalue weighted by molar-refractivity contribution is 8.00. The molecule has 0 atom stereocenters. The second-order valence-corrected chi connectivity index (χ2v) is 9.44. The SMILES string of the molecule is CCCCCC/C=C/CCCCCCCCCc1c(O)c(OC)cc(O)c1SCC(=O)OC. The molecule has 1 rings (SSSR count). The summed E-state index contributed by atoms with van der Waals surface area (Å²) < 4.78 is 9.87. The molecule has 0 bridgehead atoms. The van der Waals surface area contributed by atoms with Crippen LogP contribution in [0.3, 0.4) is 0 Å². The van der Waals surface area contributed by atoms with E-state index in [1.54, 1.807) is 0 Å². The predicted octanol–water partition coefficient (Wildman–Crippen LogP) is 7.56. The summed E-state index contributed by atoms with van der Waals surface area (Å²) in [4.78, 5) is 12.0. The smallest absolute Gasteiger partial charge is 0.315 e. The van der Waals surface area contributed by atoms with Crippen LogP contribution < -0.4 is 4.74 Å². The van der Waals surface area contributed by atoms with Gasteiger partial charge in [0.15, 0.2) is 11.5 Å². The lowest BCUT2D eigenvalue weighted by Crippen LogP contribution is -2.04. The molecule has 0 heterocycles. The molecule has 0 fully saturated rings. The van der Waals surface area contributed by atoms with Crippen molar-refractivity contribution in [3.8, 4) is 17.2 Å². The Morgan fingerprint density at radius 2 is 1.48 bits per heavy atom. The predicted molar refractivity (Wildman–Crippen MR) is 138 cm³/mol. The first kappa shape index (κ1) is 29.2. The van der Waals surface area contributed by atoms with Gasteiger partial charge in [0.25, 0.3) is 0 Å². The van der Waals surface area contributed by atoms with Crippen molar-refractivity contribution in [2.24, 2.45) is 0 Å². The fourth-order valence-corrected chi connectivity index (χ4v) is 4.74. The highest BCUT2D eigenvalue weighted by Gasteiger charge is 2.19. The summed E-state index contributed by atoms with van der Waals surface area (Å²) >= 11 is 1.18. The molecule has 0 aliphatic rings. The number of unbranched alkanes of at least 4 members (excludes halogenated alkanes) is 11. The van der Waals surface area contributed by atoms with Crippen LogP contribution in [-0.2, 0) is 16.0 Å². The lowest BCUT2D eigenvalue weighted by molar-refractivity contribution is -0.137. The van der Waals surface area contributed by atoms with E-state index in [-0.39, 0.29) is 29.0 Å². The number of ether oxygens (including phenoxy) is 2. The zero-order valence-corrected chi connectivity index (χ0v) is 21.7. The third kappa shape index (κ3) is 12.3. The highest BCUT2D eigenvalue weighted by Crippen LogP contribution is 2.44. The molecule has 0 radical (unpaired) electrons. The van der Waals surface area contributed by atoms with Crippen LogP contribution in [0.15, 0.2) is 23.1 Å². The van der Waals surface area contributed by atoms with E-state index in [4.69, 9.17) is 4.74 Å². The van der Waals surface area contributed by atoms with Crippen LogP contribution in [0.5, 0.6) is 17.2 Å². The molecule has 0 amide bonds. The first-order chi connectivity index (χ1) is 16.0. The number of benzene rings is 1. The Labute approximate surface area is 205 Å². The van der Waals surface area contributed by atoms with Gasteiger partial charge in [-0.2, -0.15) is 0 Å². The maximum Gasteiger partial charge on any atom is 0.315 e. The molecule has 5 nitrogen and oxygen atoms in total. The van der Waals surface area contributed by atoms with E-state index in [1.165, 1.54) is 96.3 Å². The van der Waals surface area contributed by atoms with Crippen molar-refractivity contribution in [2.75, 3.05) is 20.0 Å². The lowest BCUT2D eigenvalue weighted by Gasteiger charge is -2.15. The van der Waals surface area contributed by atoms with Crippen LogP contribution in [0.4, 0.5) is 0 Å². The van der Waals surface area contributed by atoms with Crippen molar-refractivity contribution in [2.45, 2.75) is 102 Å². The van der Waals surface area contributed by atoms with Gasteiger partial charge in [-0.3, -0.25) is 4.79 Å². The van der Waals surface area contributed by atoms with Gasteiger partial charge in [-0.25, -0.2) is 0 Å². The van der Waals surface area contributed by atoms with Gasteiger partial charge in [0, 0.05) is 11.6 Å². The van der Waals surface area contributed by atoms with Crippen LogP contribution in [0.2, 0.25) is 0 Å². The van der Waals surface area contributed by atoms with Gasteiger partial charge in [0.2, 0.25) is 0 Å². The quantitative estimate of drug-likeness (QED) is 0.0699. The Hall–Kier alpha value is -1.82. The molecule has 0 saturated carbocycles. The summed E-state index contributed by atoms with van der Waals surface area (Å²) in [5, 5.41) is 20.9. The maximum absolute atomic E-state index is 11.5. The van der Waals surface area contributed by atoms with Crippen LogP contribution in [0.1, 0.15) is 96.0 Å².